The van der Waals surface area contributed by atoms with E-state index in [-0.39, 0.29) is 0 Å². The lowest BCUT2D eigenvalue weighted by molar-refractivity contribution is -0.0137. The van der Waals surface area contributed by atoms with Gasteiger partial charge in [-0.2, -0.15) is 0 Å². The van der Waals surface area contributed by atoms with E-state index >= 15 is 0 Å². The minimum Gasteiger partial charge on any atom is -0.390 e. The number of pyridine rings is 2. The Kier molecular flexibility index (Phi) is 7.08. The van der Waals surface area contributed by atoms with Crippen molar-refractivity contribution >= 4 is 29.0 Å². The Hall–Kier alpha value is -3.21. The van der Waals surface area contributed by atoms with Gasteiger partial charge in [0.1, 0.15) is 11.2 Å². The summed E-state index contributed by atoms with van der Waals surface area (Å²) in [4.78, 5) is 28.0. The quantitative estimate of drug-likeness (QED) is 0.396. The molecule has 0 saturated carbocycles. The molecule has 5 heterocycles. The van der Waals surface area contributed by atoms with Crippen molar-refractivity contribution in [2.24, 2.45) is 16.6 Å². The lowest BCUT2D eigenvalue weighted by Gasteiger charge is -2.37. The molecule has 0 radical (unpaired) electrons. The Labute approximate surface area is 211 Å². The molecule has 10 nitrogen and oxygen atoms in total. The second kappa shape index (κ2) is 10.4. The van der Waals surface area contributed by atoms with Gasteiger partial charge in [-0.1, -0.05) is 6.07 Å². The number of morpholine rings is 1. The number of aliphatic hydroxyl groups is 1. The zero-order chi connectivity index (χ0) is 25.1. The largest absolute Gasteiger partial charge is 0.390 e. The van der Waals surface area contributed by atoms with Crippen molar-refractivity contribution in [2.75, 3.05) is 44.3 Å². The molecule has 3 N–H and O–H groups in total. The van der Waals surface area contributed by atoms with Gasteiger partial charge in [0.15, 0.2) is 17.5 Å². The predicted molar refractivity (Wildman–Crippen MR) is 140 cm³/mol. The molecule has 0 aromatic carbocycles. The number of likely N-dealkylation sites (tertiary alicyclic amines) is 1. The summed E-state index contributed by atoms with van der Waals surface area (Å²) in [6, 6.07) is 9.61. The van der Waals surface area contributed by atoms with Gasteiger partial charge in [0.05, 0.1) is 36.4 Å². The van der Waals surface area contributed by atoms with Gasteiger partial charge in [-0.3, -0.25) is 4.90 Å². The van der Waals surface area contributed by atoms with E-state index in [0.29, 0.717) is 36.5 Å². The van der Waals surface area contributed by atoms with Gasteiger partial charge in [0, 0.05) is 19.6 Å². The Morgan fingerprint density at radius 1 is 1.06 bits per heavy atom. The highest BCUT2D eigenvalue weighted by atomic mass is 16.5. The number of hydrogen-bond acceptors (Lipinski definition) is 9. The lowest BCUT2D eigenvalue weighted by Crippen LogP contribution is -2.41. The van der Waals surface area contributed by atoms with Crippen LogP contribution in [0.15, 0.2) is 35.3 Å². The van der Waals surface area contributed by atoms with E-state index < -0.39 is 5.60 Å². The smallest absolute Gasteiger partial charge is 0.181 e. The van der Waals surface area contributed by atoms with Crippen molar-refractivity contribution in [3.05, 3.63) is 36.0 Å². The summed E-state index contributed by atoms with van der Waals surface area (Å²) < 4.78 is 5.58. The first-order valence-corrected chi connectivity index (χ1v) is 12.6. The van der Waals surface area contributed by atoms with E-state index in [1.54, 1.807) is 6.07 Å². The molecule has 190 valence electrons. The van der Waals surface area contributed by atoms with Gasteiger partial charge < -0.3 is 20.5 Å². The number of anilines is 1. The highest BCUT2D eigenvalue weighted by Gasteiger charge is 2.30. The number of fused-ring (bicyclic) bond motifs is 1. The molecule has 0 amide bonds. The molecule has 0 unspecified atom stereocenters. The average molecular weight is 491 g/mol. The maximum atomic E-state index is 10.4. The van der Waals surface area contributed by atoms with Crippen LogP contribution in [0.5, 0.6) is 0 Å². The topological polar surface area (TPSA) is 126 Å². The fraction of sp³-hybridized carbons (Fsp3) is 0.500. The second-order valence-corrected chi connectivity index (χ2v) is 10.0. The molecule has 5 rings (SSSR count). The van der Waals surface area contributed by atoms with Crippen molar-refractivity contribution in [2.45, 2.75) is 38.8 Å². The summed E-state index contributed by atoms with van der Waals surface area (Å²) >= 11 is 0. The van der Waals surface area contributed by atoms with Crippen molar-refractivity contribution in [1.29, 1.82) is 0 Å². The van der Waals surface area contributed by atoms with E-state index in [1.807, 2.05) is 38.1 Å². The lowest BCUT2D eigenvalue weighted by atomic mass is 9.83. The molecule has 0 aliphatic carbocycles. The fourth-order valence-corrected chi connectivity index (χ4v) is 4.96. The van der Waals surface area contributed by atoms with Crippen molar-refractivity contribution in [3.63, 3.8) is 0 Å². The number of ether oxygens (including phenoxy) is 1. The molecule has 2 aliphatic heterocycles. The molecular formula is C26H34N8O2. The fourth-order valence-electron chi connectivity index (χ4n) is 4.96. The number of rotatable bonds is 6. The first kappa shape index (κ1) is 24.5. The van der Waals surface area contributed by atoms with Crippen LogP contribution >= 0.6 is 0 Å². The normalized spacial score (nSPS) is 18.4. The number of aromatic nitrogens is 4. The molecular weight excluding hydrogens is 456 g/mol. The molecule has 0 bridgehead atoms. The third-order valence-corrected chi connectivity index (χ3v) is 7.03. The van der Waals surface area contributed by atoms with Crippen LogP contribution in [0.25, 0.3) is 22.6 Å². The summed E-state index contributed by atoms with van der Waals surface area (Å²) in [5, 5.41) is 10.4. The Morgan fingerprint density at radius 2 is 1.83 bits per heavy atom. The van der Waals surface area contributed by atoms with E-state index in [1.165, 1.54) is 6.34 Å². The number of hydrogen-bond donors (Lipinski definition) is 2. The van der Waals surface area contributed by atoms with E-state index in [4.69, 9.17) is 25.4 Å². The summed E-state index contributed by atoms with van der Waals surface area (Å²) in [5.41, 5.74) is 8.02. The van der Waals surface area contributed by atoms with Crippen LogP contribution in [0.3, 0.4) is 0 Å². The van der Waals surface area contributed by atoms with Gasteiger partial charge >= 0.3 is 0 Å². The number of nitrogens with two attached hydrogens (primary N) is 1. The summed E-state index contributed by atoms with van der Waals surface area (Å²) in [5.74, 6) is 2.17. The first-order chi connectivity index (χ1) is 17.4. The van der Waals surface area contributed by atoms with Crippen LogP contribution in [-0.4, -0.2) is 81.3 Å². The number of piperidine rings is 1. The van der Waals surface area contributed by atoms with Crippen molar-refractivity contribution < 1.29 is 9.84 Å². The minimum atomic E-state index is -0.625. The molecule has 2 fully saturated rings. The zero-order valence-corrected chi connectivity index (χ0v) is 21.0. The molecule has 2 saturated heterocycles. The standard InChI is InChI=1S/C26H34N8O2/c1-26(2,35)18-8-10-33(11-9-18)16-19-6-7-20-23(29-19)25(34-12-14-36-15-13-34)32-24(31-20)21-4-3-5-22(30-21)28-17-27/h3-7,17-18,35H,8-16H2,1-2H3,(H2,27,28,30). The summed E-state index contributed by atoms with van der Waals surface area (Å²) in [6.45, 7) is 9.28. The minimum absolute atomic E-state index is 0.334. The Bertz CT molecular complexity index is 1230. The van der Waals surface area contributed by atoms with Gasteiger partial charge in [0.25, 0.3) is 0 Å². The first-order valence-electron chi connectivity index (χ1n) is 12.6. The Balaban J connectivity index is 1.46. The van der Waals surface area contributed by atoms with Gasteiger partial charge in [-0.05, 0) is 70.0 Å². The average Bonchev–Trinajstić information content (AvgIpc) is 2.89. The molecule has 3 aromatic rings. The summed E-state index contributed by atoms with van der Waals surface area (Å²) in [6.07, 6.45) is 3.21. The molecule has 36 heavy (non-hydrogen) atoms. The third-order valence-electron chi connectivity index (χ3n) is 7.03. The van der Waals surface area contributed by atoms with Crippen LogP contribution in [0, 0.1) is 5.92 Å². The maximum Gasteiger partial charge on any atom is 0.181 e. The van der Waals surface area contributed by atoms with E-state index in [2.05, 4.69) is 19.8 Å². The third kappa shape index (κ3) is 5.45. The van der Waals surface area contributed by atoms with Crippen LogP contribution in [-0.2, 0) is 11.3 Å². The van der Waals surface area contributed by atoms with E-state index in [0.717, 1.165) is 68.1 Å². The van der Waals surface area contributed by atoms with E-state index in [9.17, 15) is 5.11 Å². The van der Waals surface area contributed by atoms with Gasteiger partial charge in [0.2, 0.25) is 0 Å². The highest BCUT2D eigenvalue weighted by Crippen LogP contribution is 2.30. The maximum absolute atomic E-state index is 10.4. The molecule has 0 atom stereocenters. The second-order valence-electron chi connectivity index (χ2n) is 10.0. The number of aliphatic imine (C=N–C) groups is 1. The highest BCUT2D eigenvalue weighted by molar-refractivity contribution is 5.87. The monoisotopic (exact) mass is 490 g/mol. The SMILES string of the molecule is CC(C)(O)C1CCN(Cc2ccc3nc(-c4cccc(/N=C\N)n4)nc(N4CCOCC4)c3n2)CC1. The van der Waals surface area contributed by atoms with Crippen LogP contribution in [0.4, 0.5) is 11.6 Å². The van der Waals surface area contributed by atoms with Crippen LogP contribution < -0.4 is 10.6 Å². The van der Waals surface area contributed by atoms with Crippen molar-refractivity contribution in [3.8, 4) is 11.5 Å². The molecule has 0 spiro atoms. The van der Waals surface area contributed by atoms with Gasteiger partial charge in [-0.15, -0.1) is 0 Å². The molecule has 3 aromatic heterocycles. The molecule has 10 heteroatoms. The zero-order valence-electron chi connectivity index (χ0n) is 21.0. The van der Waals surface area contributed by atoms with Crippen molar-refractivity contribution in [1.82, 2.24) is 24.8 Å². The van der Waals surface area contributed by atoms with Crippen LogP contribution in [0.1, 0.15) is 32.4 Å². The predicted octanol–water partition coefficient (Wildman–Crippen LogP) is 2.52. The Morgan fingerprint density at radius 3 is 2.56 bits per heavy atom. The van der Waals surface area contributed by atoms with Crippen LogP contribution in [0.2, 0.25) is 0 Å². The van der Waals surface area contributed by atoms with Gasteiger partial charge in [-0.25, -0.2) is 24.9 Å². The number of nitrogens with zero attached hydrogens (tertiary/aromatic N) is 7. The summed E-state index contributed by atoms with van der Waals surface area (Å²) in [7, 11) is 0. The molecule has 2 aliphatic rings.